The van der Waals surface area contributed by atoms with Gasteiger partial charge in [0.05, 0.1) is 0 Å². The van der Waals surface area contributed by atoms with Crippen LogP contribution in [0.5, 0.6) is 0 Å². The topological polar surface area (TPSA) is 9.23 Å². The Hall–Kier alpha value is -0.0831. The van der Waals surface area contributed by atoms with Gasteiger partial charge in [-0.3, -0.25) is 0 Å². The van der Waals surface area contributed by atoms with Crippen molar-refractivity contribution in [3.63, 3.8) is 0 Å². The summed E-state index contributed by atoms with van der Waals surface area (Å²) in [7, 11) is -1.74. The highest BCUT2D eigenvalue weighted by molar-refractivity contribution is 6.77. The van der Waals surface area contributed by atoms with Crippen LogP contribution >= 0.6 is 0 Å². The normalized spacial score (nSPS) is 25.0. The van der Waals surface area contributed by atoms with Crippen LogP contribution in [0.3, 0.4) is 0 Å². The molecule has 21 heavy (non-hydrogen) atoms. The highest BCUT2D eigenvalue weighted by Crippen LogP contribution is 2.46. The Morgan fingerprint density at radius 2 is 1.52 bits per heavy atom. The number of rotatable bonds is 8. The maximum Gasteiger partial charge on any atom is 0.200 e. The lowest BCUT2D eigenvalue weighted by atomic mass is 9.89. The Labute approximate surface area is 134 Å². The second-order valence-corrected chi connectivity index (χ2v) is 13.4. The molecule has 0 bridgehead atoms. The summed E-state index contributed by atoms with van der Waals surface area (Å²) < 4.78 is 6.99. The van der Waals surface area contributed by atoms with Crippen molar-refractivity contribution in [2.75, 3.05) is 0 Å². The predicted octanol–water partition coefficient (Wildman–Crippen LogP) is 6.56. The first-order valence-electron chi connectivity index (χ1n) is 9.06. The minimum Gasteiger partial charge on any atom is -0.413 e. The van der Waals surface area contributed by atoms with E-state index < -0.39 is 8.32 Å². The zero-order chi connectivity index (χ0) is 16.2. The molecule has 0 unspecified atom stereocenters. The van der Waals surface area contributed by atoms with Gasteiger partial charge in [-0.15, -0.1) is 6.58 Å². The molecule has 0 aliphatic heterocycles. The van der Waals surface area contributed by atoms with Gasteiger partial charge in [0.25, 0.3) is 0 Å². The zero-order valence-corrected chi connectivity index (χ0v) is 16.5. The summed E-state index contributed by atoms with van der Waals surface area (Å²) >= 11 is 0. The van der Waals surface area contributed by atoms with Crippen molar-refractivity contribution in [1.29, 1.82) is 0 Å². The van der Waals surface area contributed by atoms with Crippen LogP contribution in [0.25, 0.3) is 0 Å². The third-order valence-corrected chi connectivity index (χ3v) is 12.1. The van der Waals surface area contributed by atoms with E-state index in [4.69, 9.17) is 4.43 Å². The predicted molar refractivity (Wildman–Crippen MR) is 97.2 cm³/mol. The van der Waals surface area contributed by atoms with Crippen molar-refractivity contribution in [3.8, 4) is 0 Å². The van der Waals surface area contributed by atoms with E-state index in [1.807, 2.05) is 0 Å². The largest absolute Gasteiger partial charge is 0.413 e. The average molecular weight is 311 g/mol. The third-order valence-electron chi connectivity index (χ3n) is 5.89. The van der Waals surface area contributed by atoms with Crippen LogP contribution in [0.15, 0.2) is 12.7 Å². The first-order chi connectivity index (χ1) is 9.77. The van der Waals surface area contributed by atoms with Crippen molar-refractivity contribution >= 4 is 8.32 Å². The molecule has 0 radical (unpaired) electrons. The van der Waals surface area contributed by atoms with Crippen molar-refractivity contribution < 1.29 is 4.43 Å². The summed E-state index contributed by atoms with van der Waals surface area (Å²) in [5.74, 6) is 1.54. The second kappa shape index (κ2) is 7.96. The van der Waals surface area contributed by atoms with Crippen LogP contribution in [-0.2, 0) is 4.43 Å². The number of hydrogen-bond donors (Lipinski definition) is 0. The number of allylic oxidation sites excluding steroid dienone is 1. The van der Waals surface area contributed by atoms with Crippen LogP contribution < -0.4 is 0 Å². The second-order valence-electron chi connectivity index (χ2n) is 8.02. The standard InChI is InChI=1S/C19H38OSi/c1-9-11-18-12-10-13-19(18)17(8)20-21(14(2)3,15(4)5)16(6)7/h9,14-19H,1,10-13H2,2-8H3/t17-,18+,19-/m1/s1. The van der Waals surface area contributed by atoms with Crippen LogP contribution in [0.1, 0.15) is 74.1 Å². The van der Waals surface area contributed by atoms with Crippen LogP contribution in [-0.4, -0.2) is 14.4 Å². The first-order valence-corrected chi connectivity index (χ1v) is 11.2. The van der Waals surface area contributed by atoms with Crippen LogP contribution in [0, 0.1) is 11.8 Å². The SMILES string of the molecule is C=CC[C@H]1CCC[C@@H]1[C@@H](C)O[Si](C(C)C)(C(C)C)C(C)C. The van der Waals surface area contributed by atoms with E-state index in [9.17, 15) is 0 Å². The molecule has 1 fully saturated rings. The molecule has 1 aliphatic rings. The lowest BCUT2D eigenvalue weighted by molar-refractivity contribution is 0.106. The van der Waals surface area contributed by atoms with Crippen molar-refractivity contribution in [1.82, 2.24) is 0 Å². The van der Waals surface area contributed by atoms with Gasteiger partial charge in [-0.05, 0) is 54.6 Å². The minimum absolute atomic E-state index is 0.413. The maximum absolute atomic E-state index is 6.99. The van der Waals surface area contributed by atoms with Crippen molar-refractivity contribution in [3.05, 3.63) is 12.7 Å². The molecule has 0 N–H and O–H groups in total. The molecular weight excluding hydrogens is 272 g/mol. The molecule has 0 saturated heterocycles. The smallest absolute Gasteiger partial charge is 0.200 e. The Morgan fingerprint density at radius 1 is 1.00 bits per heavy atom. The van der Waals surface area contributed by atoms with E-state index in [2.05, 4.69) is 61.1 Å². The van der Waals surface area contributed by atoms with E-state index >= 15 is 0 Å². The summed E-state index contributed by atoms with van der Waals surface area (Å²) in [4.78, 5) is 0. The lowest BCUT2D eigenvalue weighted by Crippen LogP contribution is -2.51. The average Bonchev–Trinajstić information content (AvgIpc) is 2.83. The third kappa shape index (κ3) is 4.01. The molecule has 0 aromatic rings. The molecule has 2 heteroatoms. The fraction of sp³-hybridized carbons (Fsp3) is 0.895. The Bertz CT molecular complexity index is 300. The van der Waals surface area contributed by atoms with Gasteiger partial charge in [-0.1, -0.05) is 54.0 Å². The van der Waals surface area contributed by atoms with Gasteiger partial charge >= 0.3 is 0 Å². The molecule has 3 atom stereocenters. The molecule has 0 aromatic heterocycles. The number of hydrogen-bond acceptors (Lipinski definition) is 1. The zero-order valence-electron chi connectivity index (χ0n) is 15.5. The highest BCUT2D eigenvalue weighted by Gasteiger charge is 2.47. The van der Waals surface area contributed by atoms with Gasteiger partial charge in [0.2, 0.25) is 8.32 Å². The molecular formula is C19H38OSi. The highest BCUT2D eigenvalue weighted by atomic mass is 28.4. The fourth-order valence-corrected chi connectivity index (χ4v) is 10.6. The summed E-state index contributed by atoms with van der Waals surface area (Å²) in [6.07, 6.45) is 7.77. The lowest BCUT2D eigenvalue weighted by Gasteiger charge is -2.45. The molecule has 0 aromatic carbocycles. The fourth-order valence-electron chi connectivity index (χ4n) is 5.01. The molecule has 1 saturated carbocycles. The summed E-state index contributed by atoms with van der Waals surface area (Å²) in [6.45, 7) is 20.6. The van der Waals surface area contributed by atoms with Gasteiger partial charge in [0.15, 0.2) is 0 Å². The minimum atomic E-state index is -1.74. The molecule has 1 nitrogen and oxygen atoms in total. The Balaban J connectivity index is 2.90. The Morgan fingerprint density at radius 3 is 1.95 bits per heavy atom. The summed E-state index contributed by atoms with van der Waals surface area (Å²) in [5.41, 5.74) is 2.04. The van der Waals surface area contributed by atoms with E-state index in [-0.39, 0.29) is 0 Å². The van der Waals surface area contributed by atoms with Crippen molar-refractivity contribution in [2.45, 2.75) is 96.9 Å². The molecule has 1 aliphatic carbocycles. The van der Waals surface area contributed by atoms with Gasteiger partial charge in [-0.2, -0.15) is 0 Å². The summed E-state index contributed by atoms with van der Waals surface area (Å²) in [5, 5.41) is 0. The van der Waals surface area contributed by atoms with Gasteiger partial charge in [0.1, 0.15) is 0 Å². The van der Waals surface area contributed by atoms with E-state index in [1.54, 1.807) is 0 Å². The Kier molecular flexibility index (Phi) is 7.19. The summed E-state index contributed by atoms with van der Waals surface area (Å²) in [6, 6.07) is 0. The van der Waals surface area contributed by atoms with Crippen LogP contribution in [0.2, 0.25) is 16.6 Å². The molecule has 124 valence electrons. The van der Waals surface area contributed by atoms with E-state index in [0.29, 0.717) is 22.7 Å². The molecule has 0 amide bonds. The van der Waals surface area contributed by atoms with Crippen molar-refractivity contribution in [2.24, 2.45) is 11.8 Å². The van der Waals surface area contributed by atoms with Gasteiger partial charge in [0, 0.05) is 6.10 Å². The maximum atomic E-state index is 6.99. The van der Waals surface area contributed by atoms with Crippen LogP contribution in [0.4, 0.5) is 0 Å². The molecule has 1 rings (SSSR count). The monoisotopic (exact) mass is 310 g/mol. The van der Waals surface area contributed by atoms with E-state index in [1.165, 1.54) is 19.3 Å². The quantitative estimate of drug-likeness (QED) is 0.364. The molecule has 0 spiro atoms. The van der Waals surface area contributed by atoms with Gasteiger partial charge in [-0.25, -0.2) is 0 Å². The van der Waals surface area contributed by atoms with Gasteiger partial charge < -0.3 is 4.43 Å². The molecule has 0 heterocycles. The first kappa shape index (κ1) is 19.0. The van der Waals surface area contributed by atoms with E-state index in [0.717, 1.165) is 18.3 Å².